The lowest BCUT2D eigenvalue weighted by Crippen LogP contribution is -2.45. The number of pyridine rings is 1. The number of hydrogen-bond acceptors (Lipinski definition) is 5. The van der Waals surface area contributed by atoms with Gasteiger partial charge in [-0.25, -0.2) is 10.4 Å². The van der Waals surface area contributed by atoms with Crippen LogP contribution in [0.15, 0.2) is 41.5 Å². The maximum atomic E-state index is 12.5. The molecule has 2 aliphatic heterocycles. The largest absolute Gasteiger partial charge is 0.350 e. The third-order valence-electron chi connectivity index (χ3n) is 5.44. The van der Waals surface area contributed by atoms with Crippen molar-refractivity contribution in [1.29, 1.82) is 0 Å². The van der Waals surface area contributed by atoms with E-state index in [9.17, 15) is 14.4 Å². The third kappa shape index (κ3) is 4.42. The Hall–Kier alpha value is -3.29. The number of para-hydroxylation sites is 1. The van der Waals surface area contributed by atoms with Crippen LogP contribution in [-0.4, -0.2) is 53.0 Å². The number of nitrogens with zero attached hydrogens (tertiary/aromatic N) is 3. The number of hydrogen-bond donors (Lipinski definition) is 2. The number of carbonyl (C=O) groups is 3. The number of nitrogens with one attached hydrogen (secondary N) is 2. The molecule has 1 fully saturated rings. The van der Waals surface area contributed by atoms with Crippen molar-refractivity contribution in [3.63, 3.8) is 0 Å². The SMILES string of the molecule is O=C1CCC(C(=O)N2CCC(CNC(=O)c3ccc4ccccc4n3)CC2)=NN1. The highest BCUT2D eigenvalue weighted by molar-refractivity contribution is 6.39. The van der Waals surface area contributed by atoms with Gasteiger partial charge in [0.25, 0.3) is 11.8 Å². The monoisotopic (exact) mass is 393 g/mol. The molecule has 3 amide bonds. The van der Waals surface area contributed by atoms with Gasteiger partial charge in [0.15, 0.2) is 0 Å². The molecule has 29 heavy (non-hydrogen) atoms. The van der Waals surface area contributed by atoms with Crippen molar-refractivity contribution in [1.82, 2.24) is 20.6 Å². The number of rotatable bonds is 4. The highest BCUT2D eigenvalue weighted by atomic mass is 16.2. The molecule has 8 nitrogen and oxygen atoms in total. The number of amides is 3. The molecule has 1 aromatic heterocycles. The molecule has 0 unspecified atom stereocenters. The molecule has 0 atom stereocenters. The van der Waals surface area contributed by atoms with Crippen LogP contribution in [0.1, 0.15) is 36.2 Å². The predicted molar refractivity (Wildman–Crippen MR) is 108 cm³/mol. The minimum absolute atomic E-state index is 0.104. The topological polar surface area (TPSA) is 104 Å². The van der Waals surface area contributed by atoms with E-state index in [0.29, 0.717) is 49.8 Å². The fourth-order valence-corrected chi connectivity index (χ4v) is 3.67. The molecule has 1 aromatic carbocycles. The van der Waals surface area contributed by atoms with Crippen molar-refractivity contribution >= 4 is 34.3 Å². The summed E-state index contributed by atoms with van der Waals surface area (Å²) in [6.45, 7) is 1.81. The molecule has 0 saturated carbocycles. The molecular weight excluding hydrogens is 370 g/mol. The van der Waals surface area contributed by atoms with Crippen molar-refractivity contribution in [2.24, 2.45) is 11.0 Å². The van der Waals surface area contributed by atoms with Crippen LogP contribution in [-0.2, 0) is 9.59 Å². The quantitative estimate of drug-likeness (QED) is 0.821. The molecule has 0 radical (unpaired) electrons. The van der Waals surface area contributed by atoms with Crippen molar-refractivity contribution in [2.75, 3.05) is 19.6 Å². The summed E-state index contributed by atoms with van der Waals surface area (Å²) in [5, 5.41) is 7.85. The number of likely N-dealkylation sites (tertiary alicyclic amines) is 1. The van der Waals surface area contributed by atoms with Crippen LogP contribution in [0, 0.1) is 5.92 Å². The van der Waals surface area contributed by atoms with E-state index < -0.39 is 0 Å². The summed E-state index contributed by atoms with van der Waals surface area (Å²) in [5.41, 5.74) is 3.99. The average Bonchev–Trinajstić information content (AvgIpc) is 2.77. The van der Waals surface area contributed by atoms with E-state index >= 15 is 0 Å². The summed E-state index contributed by atoms with van der Waals surface area (Å²) in [5.74, 6) is -0.122. The zero-order chi connectivity index (χ0) is 20.2. The lowest BCUT2D eigenvalue weighted by molar-refractivity contribution is -0.125. The lowest BCUT2D eigenvalue weighted by Gasteiger charge is -2.32. The lowest BCUT2D eigenvalue weighted by atomic mass is 9.96. The Morgan fingerprint density at radius 2 is 1.90 bits per heavy atom. The molecular formula is C21H23N5O3. The molecule has 3 heterocycles. The zero-order valence-corrected chi connectivity index (χ0v) is 16.1. The van der Waals surface area contributed by atoms with Crippen LogP contribution in [0.3, 0.4) is 0 Å². The van der Waals surface area contributed by atoms with Gasteiger partial charge in [-0.1, -0.05) is 24.3 Å². The van der Waals surface area contributed by atoms with Gasteiger partial charge in [0.05, 0.1) is 5.52 Å². The fraction of sp³-hybridized carbons (Fsp3) is 0.381. The second-order valence-corrected chi connectivity index (χ2v) is 7.43. The smallest absolute Gasteiger partial charge is 0.270 e. The van der Waals surface area contributed by atoms with Crippen molar-refractivity contribution in [3.05, 3.63) is 42.1 Å². The van der Waals surface area contributed by atoms with E-state index in [1.807, 2.05) is 30.3 Å². The average molecular weight is 393 g/mol. The number of fused-ring (bicyclic) bond motifs is 1. The van der Waals surface area contributed by atoms with E-state index in [0.717, 1.165) is 23.7 Å². The Balaban J connectivity index is 1.26. The minimum Gasteiger partial charge on any atom is -0.350 e. The first-order chi connectivity index (χ1) is 14.1. The molecule has 0 aliphatic carbocycles. The van der Waals surface area contributed by atoms with Gasteiger partial charge < -0.3 is 10.2 Å². The predicted octanol–water partition coefficient (Wildman–Crippen LogP) is 1.47. The normalized spacial score (nSPS) is 17.6. The molecule has 2 N–H and O–H groups in total. The summed E-state index contributed by atoms with van der Waals surface area (Å²) in [6.07, 6.45) is 2.32. The van der Waals surface area contributed by atoms with Crippen LogP contribution < -0.4 is 10.7 Å². The first-order valence-corrected chi connectivity index (χ1v) is 9.89. The van der Waals surface area contributed by atoms with Gasteiger partial charge in [0, 0.05) is 37.9 Å². The first kappa shape index (κ1) is 19.0. The van der Waals surface area contributed by atoms with Crippen LogP contribution >= 0.6 is 0 Å². The van der Waals surface area contributed by atoms with Gasteiger partial charge in [0.1, 0.15) is 11.4 Å². The van der Waals surface area contributed by atoms with Crippen molar-refractivity contribution in [3.8, 4) is 0 Å². The van der Waals surface area contributed by atoms with E-state index in [1.54, 1.807) is 11.0 Å². The summed E-state index contributed by atoms with van der Waals surface area (Å²) in [6, 6.07) is 11.3. The van der Waals surface area contributed by atoms with E-state index in [2.05, 4.69) is 20.8 Å². The number of hydrazone groups is 1. The maximum Gasteiger partial charge on any atom is 0.270 e. The molecule has 0 bridgehead atoms. The Kier molecular flexibility index (Phi) is 5.50. The Labute approximate surface area is 168 Å². The van der Waals surface area contributed by atoms with E-state index in [1.165, 1.54) is 0 Å². The van der Waals surface area contributed by atoms with Gasteiger partial charge in [-0.15, -0.1) is 0 Å². The molecule has 0 spiro atoms. The van der Waals surface area contributed by atoms with Gasteiger partial charge in [-0.2, -0.15) is 5.10 Å². The van der Waals surface area contributed by atoms with Crippen LogP contribution in [0.25, 0.3) is 10.9 Å². The van der Waals surface area contributed by atoms with Gasteiger partial charge in [-0.05, 0) is 30.9 Å². The highest BCUT2D eigenvalue weighted by Gasteiger charge is 2.27. The van der Waals surface area contributed by atoms with Crippen molar-refractivity contribution in [2.45, 2.75) is 25.7 Å². The highest BCUT2D eigenvalue weighted by Crippen LogP contribution is 2.18. The van der Waals surface area contributed by atoms with Crippen LogP contribution in [0.2, 0.25) is 0 Å². The number of piperidine rings is 1. The van der Waals surface area contributed by atoms with E-state index in [-0.39, 0.29) is 17.7 Å². The van der Waals surface area contributed by atoms with Crippen LogP contribution in [0.4, 0.5) is 0 Å². The second kappa shape index (κ2) is 8.38. The Morgan fingerprint density at radius 1 is 1.10 bits per heavy atom. The molecule has 2 aliphatic rings. The minimum atomic E-state index is -0.179. The standard InChI is InChI=1S/C21H23N5O3/c27-19-8-7-18(24-25-19)21(29)26-11-9-14(10-12-26)13-22-20(28)17-6-5-15-3-1-2-4-16(15)23-17/h1-6,14H,7-13H2,(H,22,28)(H,25,27). The van der Waals surface area contributed by atoms with Gasteiger partial charge >= 0.3 is 0 Å². The number of benzene rings is 1. The number of carbonyl (C=O) groups excluding carboxylic acids is 3. The maximum absolute atomic E-state index is 12.5. The summed E-state index contributed by atoms with van der Waals surface area (Å²) in [7, 11) is 0. The molecule has 2 aromatic rings. The summed E-state index contributed by atoms with van der Waals surface area (Å²) >= 11 is 0. The Bertz CT molecular complexity index is 979. The molecule has 1 saturated heterocycles. The summed E-state index contributed by atoms with van der Waals surface area (Å²) in [4.78, 5) is 42.3. The second-order valence-electron chi connectivity index (χ2n) is 7.43. The van der Waals surface area contributed by atoms with Gasteiger partial charge in [0.2, 0.25) is 5.91 Å². The van der Waals surface area contributed by atoms with Gasteiger partial charge in [-0.3, -0.25) is 14.4 Å². The number of aromatic nitrogens is 1. The van der Waals surface area contributed by atoms with Crippen molar-refractivity contribution < 1.29 is 14.4 Å². The molecule has 8 heteroatoms. The van der Waals surface area contributed by atoms with Crippen LogP contribution in [0.5, 0.6) is 0 Å². The zero-order valence-electron chi connectivity index (χ0n) is 16.1. The molecule has 150 valence electrons. The Morgan fingerprint density at radius 3 is 2.66 bits per heavy atom. The first-order valence-electron chi connectivity index (χ1n) is 9.89. The van der Waals surface area contributed by atoms with E-state index in [4.69, 9.17) is 0 Å². The fourth-order valence-electron chi connectivity index (χ4n) is 3.67. The molecule has 4 rings (SSSR count). The summed E-state index contributed by atoms with van der Waals surface area (Å²) < 4.78 is 0. The third-order valence-corrected chi connectivity index (χ3v) is 5.44.